The van der Waals surface area contributed by atoms with Gasteiger partial charge in [0.25, 0.3) is 5.91 Å². The molecule has 2 heterocycles. The van der Waals surface area contributed by atoms with Gasteiger partial charge in [-0.25, -0.2) is 13.1 Å². The number of likely N-dealkylation sites (N-methyl/N-ethyl adjacent to an activating group) is 1. The molecule has 0 aromatic heterocycles. The molecular formula is C21H32N4O3S. The predicted octanol–water partition coefficient (Wildman–Crippen LogP) is 1.23. The van der Waals surface area contributed by atoms with Crippen molar-refractivity contribution in [2.45, 2.75) is 36.6 Å². The molecule has 7 nitrogen and oxygen atoms in total. The van der Waals surface area contributed by atoms with Crippen molar-refractivity contribution in [1.29, 1.82) is 0 Å². The highest BCUT2D eigenvalue weighted by atomic mass is 32.2. The Labute approximate surface area is 174 Å². The minimum Gasteiger partial charge on any atom is -0.336 e. The number of sulfonamides is 1. The maximum Gasteiger partial charge on any atom is 0.253 e. The number of benzene rings is 1. The molecule has 3 aliphatic rings. The first-order valence-electron chi connectivity index (χ1n) is 10.7. The van der Waals surface area contributed by atoms with Gasteiger partial charge in [-0.2, -0.15) is 0 Å². The Kier molecular flexibility index (Phi) is 6.24. The van der Waals surface area contributed by atoms with Crippen molar-refractivity contribution >= 4 is 15.9 Å². The summed E-state index contributed by atoms with van der Waals surface area (Å²) in [4.78, 5) is 19.9. The number of likely N-dealkylation sites (tertiary alicyclic amines) is 1. The summed E-state index contributed by atoms with van der Waals surface area (Å²) in [6.45, 7) is 5.90. The van der Waals surface area contributed by atoms with Crippen molar-refractivity contribution in [3.8, 4) is 0 Å². The van der Waals surface area contributed by atoms with Crippen LogP contribution in [0.25, 0.3) is 0 Å². The fourth-order valence-corrected chi connectivity index (χ4v) is 5.50. The summed E-state index contributed by atoms with van der Waals surface area (Å²) in [5, 5.41) is 0. The first kappa shape index (κ1) is 20.8. The monoisotopic (exact) mass is 420 g/mol. The third-order valence-electron chi connectivity index (χ3n) is 6.37. The second-order valence-corrected chi connectivity index (χ2v) is 10.5. The van der Waals surface area contributed by atoms with Crippen LogP contribution in [0.15, 0.2) is 29.2 Å². The topological polar surface area (TPSA) is 73.0 Å². The summed E-state index contributed by atoms with van der Waals surface area (Å²) in [7, 11) is -1.39. The zero-order valence-corrected chi connectivity index (χ0v) is 18.0. The summed E-state index contributed by atoms with van der Waals surface area (Å²) in [6.07, 6.45) is 4.64. The smallest absolute Gasteiger partial charge is 0.253 e. The number of hydrogen-bond donors (Lipinski definition) is 1. The van der Waals surface area contributed by atoms with Crippen molar-refractivity contribution in [1.82, 2.24) is 19.4 Å². The van der Waals surface area contributed by atoms with Crippen LogP contribution in [0.4, 0.5) is 0 Å². The van der Waals surface area contributed by atoms with Gasteiger partial charge in [0, 0.05) is 50.9 Å². The lowest BCUT2D eigenvalue weighted by molar-refractivity contribution is 0.0452. The van der Waals surface area contributed by atoms with Crippen molar-refractivity contribution in [3.63, 3.8) is 0 Å². The average molecular weight is 421 g/mol. The molecule has 8 heteroatoms. The number of nitrogens with one attached hydrogen (secondary N) is 1. The molecule has 1 amide bonds. The van der Waals surface area contributed by atoms with Gasteiger partial charge in [-0.1, -0.05) is 6.07 Å². The van der Waals surface area contributed by atoms with E-state index in [1.54, 1.807) is 18.2 Å². The van der Waals surface area contributed by atoms with Crippen molar-refractivity contribution in [3.05, 3.63) is 29.8 Å². The van der Waals surface area contributed by atoms with Crippen LogP contribution in [0, 0.1) is 5.92 Å². The Morgan fingerprint density at radius 1 is 1.10 bits per heavy atom. The van der Waals surface area contributed by atoms with Gasteiger partial charge < -0.3 is 9.80 Å². The van der Waals surface area contributed by atoms with Gasteiger partial charge in [0.2, 0.25) is 10.0 Å². The Hall–Kier alpha value is -1.48. The summed E-state index contributed by atoms with van der Waals surface area (Å²) >= 11 is 0. The van der Waals surface area contributed by atoms with Crippen LogP contribution in [0.2, 0.25) is 0 Å². The van der Waals surface area contributed by atoms with Crippen LogP contribution in [0.3, 0.4) is 0 Å². The van der Waals surface area contributed by atoms with Gasteiger partial charge >= 0.3 is 0 Å². The zero-order chi connectivity index (χ0) is 20.4. The van der Waals surface area contributed by atoms with E-state index >= 15 is 0 Å². The van der Waals surface area contributed by atoms with Crippen LogP contribution in [0.5, 0.6) is 0 Å². The molecule has 4 rings (SSSR count). The molecule has 1 aromatic rings. The highest BCUT2D eigenvalue weighted by molar-refractivity contribution is 7.89. The highest BCUT2D eigenvalue weighted by Crippen LogP contribution is 2.28. The van der Waals surface area contributed by atoms with E-state index in [9.17, 15) is 13.2 Å². The molecule has 2 saturated heterocycles. The van der Waals surface area contributed by atoms with E-state index in [2.05, 4.69) is 21.6 Å². The third kappa shape index (κ3) is 5.17. The quantitative estimate of drug-likeness (QED) is 0.749. The van der Waals surface area contributed by atoms with E-state index < -0.39 is 10.0 Å². The summed E-state index contributed by atoms with van der Waals surface area (Å²) in [5.41, 5.74) is 0.449. The van der Waals surface area contributed by atoms with Gasteiger partial charge in [-0.3, -0.25) is 9.69 Å². The Morgan fingerprint density at radius 3 is 2.55 bits per heavy atom. The minimum atomic E-state index is -3.56. The van der Waals surface area contributed by atoms with Crippen molar-refractivity contribution < 1.29 is 13.2 Å². The maximum atomic E-state index is 13.0. The van der Waals surface area contributed by atoms with Crippen LogP contribution in [-0.4, -0.2) is 87.9 Å². The molecule has 1 unspecified atom stereocenters. The van der Waals surface area contributed by atoms with Crippen LogP contribution in [-0.2, 0) is 10.0 Å². The molecule has 29 heavy (non-hydrogen) atoms. The number of hydrogen-bond acceptors (Lipinski definition) is 5. The standard InChI is InChI=1S/C21H32N4O3S/c1-23-9-3-5-19(16-23)24-10-12-25(13-11-24)21(26)18-4-2-6-20(14-18)29(27,28)22-15-17-7-8-17/h2,4,6,14,17,19,22H,3,5,7-13,15-16H2,1H3. The molecule has 3 fully saturated rings. The van der Waals surface area contributed by atoms with Gasteiger partial charge in [-0.15, -0.1) is 0 Å². The molecule has 0 spiro atoms. The molecule has 1 N–H and O–H groups in total. The molecule has 2 aliphatic heterocycles. The number of carbonyl (C=O) groups is 1. The normalized spacial score (nSPS) is 24.6. The van der Waals surface area contributed by atoms with Crippen LogP contribution < -0.4 is 4.72 Å². The molecule has 0 radical (unpaired) electrons. The zero-order valence-electron chi connectivity index (χ0n) is 17.2. The number of carbonyl (C=O) groups excluding carboxylic acids is 1. The second kappa shape index (κ2) is 8.71. The van der Waals surface area contributed by atoms with Gasteiger partial charge in [0.1, 0.15) is 0 Å². The number of amides is 1. The molecule has 1 aliphatic carbocycles. The number of rotatable bonds is 6. The van der Waals surface area contributed by atoms with E-state index in [0.717, 1.165) is 32.5 Å². The van der Waals surface area contributed by atoms with Gasteiger partial charge in [0.15, 0.2) is 0 Å². The Morgan fingerprint density at radius 2 is 1.86 bits per heavy atom. The lowest BCUT2D eigenvalue weighted by atomic mass is 10.0. The fraction of sp³-hybridized carbons (Fsp3) is 0.667. The third-order valence-corrected chi connectivity index (χ3v) is 7.79. The van der Waals surface area contributed by atoms with Crippen molar-refractivity contribution in [2.24, 2.45) is 5.92 Å². The van der Waals surface area contributed by atoms with E-state index in [4.69, 9.17) is 0 Å². The first-order chi connectivity index (χ1) is 13.9. The van der Waals surface area contributed by atoms with Crippen molar-refractivity contribution in [2.75, 3.05) is 52.9 Å². The van der Waals surface area contributed by atoms with Gasteiger partial charge in [-0.05, 0) is 63.4 Å². The van der Waals surface area contributed by atoms with Crippen LogP contribution in [0.1, 0.15) is 36.0 Å². The lowest BCUT2D eigenvalue weighted by Gasteiger charge is -2.42. The molecule has 0 bridgehead atoms. The Balaban J connectivity index is 1.36. The average Bonchev–Trinajstić information content (AvgIpc) is 3.57. The van der Waals surface area contributed by atoms with E-state index in [1.165, 1.54) is 25.5 Å². The van der Waals surface area contributed by atoms with E-state index in [1.807, 2.05) is 4.90 Å². The molecule has 1 aromatic carbocycles. The first-order valence-corrected chi connectivity index (χ1v) is 12.2. The van der Waals surface area contributed by atoms with Gasteiger partial charge in [0.05, 0.1) is 4.90 Å². The molecule has 1 atom stereocenters. The Bertz CT molecular complexity index is 832. The van der Waals surface area contributed by atoms with E-state index in [0.29, 0.717) is 37.2 Å². The number of piperazine rings is 1. The summed E-state index contributed by atoms with van der Waals surface area (Å²) in [6, 6.07) is 7.03. The molecular weight excluding hydrogens is 388 g/mol. The van der Waals surface area contributed by atoms with E-state index in [-0.39, 0.29) is 10.8 Å². The highest BCUT2D eigenvalue weighted by Gasteiger charge is 2.29. The SMILES string of the molecule is CN1CCCC(N2CCN(C(=O)c3cccc(S(=O)(=O)NCC4CC4)c3)CC2)C1. The van der Waals surface area contributed by atoms with Crippen LogP contribution >= 0.6 is 0 Å². The summed E-state index contributed by atoms with van der Waals surface area (Å²) < 4.78 is 27.7. The number of piperidine rings is 1. The second-order valence-electron chi connectivity index (χ2n) is 8.71. The maximum absolute atomic E-state index is 13.0. The molecule has 160 valence electrons. The fourth-order valence-electron chi connectivity index (χ4n) is 4.34. The lowest BCUT2D eigenvalue weighted by Crippen LogP contribution is -2.55. The summed E-state index contributed by atoms with van der Waals surface area (Å²) in [5.74, 6) is 0.388. The predicted molar refractivity (Wildman–Crippen MR) is 112 cm³/mol. The molecule has 1 saturated carbocycles. The number of nitrogens with zero attached hydrogens (tertiary/aromatic N) is 3. The largest absolute Gasteiger partial charge is 0.336 e. The minimum absolute atomic E-state index is 0.0790.